The summed E-state index contributed by atoms with van der Waals surface area (Å²) in [6.07, 6.45) is 5.86. The van der Waals surface area contributed by atoms with Crippen molar-refractivity contribution in [3.8, 4) is 0 Å². The highest BCUT2D eigenvalue weighted by Gasteiger charge is 2.41. The highest BCUT2D eigenvalue weighted by Crippen LogP contribution is 2.49. The number of aryl methyl sites for hydroxylation is 1. The highest BCUT2D eigenvalue weighted by atomic mass is 79.9. The van der Waals surface area contributed by atoms with E-state index in [4.69, 9.17) is 0 Å². The minimum Gasteiger partial charge on any atom is -0.276 e. The van der Waals surface area contributed by atoms with Crippen molar-refractivity contribution in [2.45, 2.75) is 19.3 Å². The molecule has 2 nitrogen and oxygen atoms in total. The largest absolute Gasteiger partial charge is 0.276 e. The van der Waals surface area contributed by atoms with Crippen LogP contribution < -0.4 is 0 Å². The number of hydrogen-bond acceptors (Lipinski definition) is 1. The molecule has 1 aliphatic carbocycles. The van der Waals surface area contributed by atoms with Crippen LogP contribution in [0.1, 0.15) is 18.5 Å². The van der Waals surface area contributed by atoms with Crippen LogP contribution in [0, 0.1) is 5.41 Å². The molecule has 0 N–H and O–H groups in total. The molecule has 1 aromatic rings. The molecule has 12 heavy (non-hydrogen) atoms. The van der Waals surface area contributed by atoms with E-state index in [0.717, 1.165) is 11.8 Å². The molecular formula is C9H13BrN2. The maximum atomic E-state index is 4.38. The Hall–Kier alpha value is -0.310. The molecule has 1 fully saturated rings. The van der Waals surface area contributed by atoms with Crippen LogP contribution in [0.2, 0.25) is 0 Å². The van der Waals surface area contributed by atoms with E-state index < -0.39 is 0 Å². The van der Waals surface area contributed by atoms with Gasteiger partial charge in [-0.1, -0.05) is 15.9 Å². The summed E-state index contributed by atoms with van der Waals surface area (Å²) in [6, 6.07) is 2.11. The zero-order valence-corrected chi connectivity index (χ0v) is 8.84. The summed E-state index contributed by atoms with van der Waals surface area (Å²) in [7, 11) is 1.97. The molecule has 0 radical (unpaired) electrons. The van der Waals surface area contributed by atoms with Crippen molar-refractivity contribution < 1.29 is 0 Å². The molecule has 0 amide bonds. The molecule has 0 spiro atoms. The van der Waals surface area contributed by atoms with Crippen LogP contribution in [0.15, 0.2) is 12.3 Å². The van der Waals surface area contributed by atoms with Gasteiger partial charge in [0.05, 0.1) is 5.69 Å². The molecule has 0 aliphatic heterocycles. The van der Waals surface area contributed by atoms with E-state index in [0.29, 0.717) is 5.41 Å². The van der Waals surface area contributed by atoms with Gasteiger partial charge in [0, 0.05) is 18.6 Å². The van der Waals surface area contributed by atoms with Crippen molar-refractivity contribution in [3.63, 3.8) is 0 Å². The second-order valence-corrected chi connectivity index (χ2v) is 4.35. The monoisotopic (exact) mass is 228 g/mol. The summed E-state index contributed by atoms with van der Waals surface area (Å²) in [4.78, 5) is 0. The summed E-state index contributed by atoms with van der Waals surface area (Å²) >= 11 is 3.56. The number of alkyl halides is 1. The average Bonchev–Trinajstić information content (AvgIpc) is 2.71. The fraction of sp³-hybridized carbons (Fsp3) is 0.667. The predicted molar refractivity (Wildman–Crippen MR) is 52.4 cm³/mol. The Bertz CT molecular complexity index is 276. The van der Waals surface area contributed by atoms with Crippen LogP contribution in [0.4, 0.5) is 0 Å². The maximum Gasteiger partial charge on any atom is 0.0630 e. The van der Waals surface area contributed by atoms with Gasteiger partial charge < -0.3 is 0 Å². The molecule has 1 saturated carbocycles. The van der Waals surface area contributed by atoms with Crippen molar-refractivity contribution in [2.75, 3.05) is 5.33 Å². The summed E-state index contributed by atoms with van der Waals surface area (Å²) in [5, 5.41) is 5.50. The second kappa shape index (κ2) is 2.87. The highest BCUT2D eigenvalue weighted by molar-refractivity contribution is 9.09. The number of hydrogen-bond donors (Lipinski definition) is 0. The molecule has 0 saturated heterocycles. The average molecular weight is 229 g/mol. The molecule has 0 aromatic carbocycles. The van der Waals surface area contributed by atoms with Gasteiger partial charge in [0.2, 0.25) is 0 Å². The van der Waals surface area contributed by atoms with Crippen LogP contribution >= 0.6 is 15.9 Å². The number of rotatable bonds is 3. The molecule has 1 aliphatic rings. The van der Waals surface area contributed by atoms with E-state index in [2.05, 4.69) is 27.1 Å². The lowest BCUT2D eigenvalue weighted by molar-refractivity contribution is 0.568. The quantitative estimate of drug-likeness (QED) is 0.726. The van der Waals surface area contributed by atoms with Crippen molar-refractivity contribution in [3.05, 3.63) is 18.0 Å². The molecule has 0 unspecified atom stereocenters. The third-order valence-corrected chi connectivity index (χ3v) is 3.76. The van der Waals surface area contributed by atoms with Gasteiger partial charge in [-0.25, -0.2) is 0 Å². The molecule has 2 rings (SSSR count). The van der Waals surface area contributed by atoms with Gasteiger partial charge >= 0.3 is 0 Å². The van der Waals surface area contributed by atoms with Crippen molar-refractivity contribution >= 4 is 15.9 Å². The summed E-state index contributed by atoms with van der Waals surface area (Å²) in [5.41, 5.74) is 1.78. The van der Waals surface area contributed by atoms with Gasteiger partial charge in [-0.2, -0.15) is 5.10 Å². The first-order valence-corrected chi connectivity index (χ1v) is 5.41. The first kappa shape index (κ1) is 8.30. The number of nitrogens with zero attached hydrogens (tertiary/aromatic N) is 2. The molecule has 66 valence electrons. The smallest absolute Gasteiger partial charge is 0.0630 e. The lowest BCUT2D eigenvalue weighted by Gasteiger charge is -2.07. The van der Waals surface area contributed by atoms with Crippen molar-refractivity contribution in [2.24, 2.45) is 12.5 Å². The van der Waals surface area contributed by atoms with E-state index in [1.807, 2.05) is 17.9 Å². The van der Waals surface area contributed by atoms with Gasteiger partial charge in [-0.05, 0) is 30.7 Å². The Balaban J connectivity index is 2.04. The Kier molecular flexibility index (Phi) is 1.99. The van der Waals surface area contributed by atoms with E-state index in [1.165, 1.54) is 18.5 Å². The van der Waals surface area contributed by atoms with Gasteiger partial charge in [-0.3, -0.25) is 4.68 Å². The van der Waals surface area contributed by atoms with Crippen LogP contribution in [0.3, 0.4) is 0 Å². The van der Waals surface area contributed by atoms with Crippen LogP contribution in [0.25, 0.3) is 0 Å². The zero-order valence-electron chi connectivity index (χ0n) is 7.26. The van der Waals surface area contributed by atoms with Crippen LogP contribution in [-0.4, -0.2) is 15.1 Å². The Morgan fingerprint density at radius 1 is 1.67 bits per heavy atom. The first-order chi connectivity index (χ1) is 5.74. The van der Waals surface area contributed by atoms with Gasteiger partial charge in [0.25, 0.3) is 0 Å². The van der Waals surface area contributed by atoms with Crippen LogP contribution in [0.5, 0.6) is 0 Å². The first-order valence-electron chi connectivity index (χ1n) is 4.29. The summed E-state index contributed by atoms with van der Waals surface area (Å²) in [5.74, 6) is 0. The zero-order chi connectivity index (χ0) is 8.60. The third kappa shape index (κ3) is 1.56. The molecule has 0 atom stereocenters. The Labute approximate surface area is 81.1 Å². The predicted octanol–water partition coefficient (Wildman–Crippen LogP) is 2.14. The number of halogens is 1. The molecule has 1 heterocycles. The third-order valence-electron chi connectivity index (χ3n) is 2.57. The number of aromatic nitrogens is 2. The molecule has 3 heteroatoms. The normalized spacial score (nSPS) is 19.5. The minimum absolute atomic E-state index is 0.550. The Morgan fingerprint density at radius 2 is 2.42 bits per heavy atom. The maximum absolute atomic E-state index is 4.38. The van der Waals surface area contributed by atoms with E-state index in [1.54, 1.807) is 0 Å². The standard InChI is InChI=1S/C9H13BrN2/c1-12-5-2-8(11-12)6-9(7-10)3-4-9/h2,5H,3-4,6-7H2,1H3. The second-order valence-electron chi connectivity index (χ2n) is 3.79. The van der Waals surface area contributed by atoms with Crippen molar-refractivity contribution in [1.29, 1.82) is 0 Å². The van der Waals surface area contributed by atoms with Crippen molar-refractivity contribution in [1.82, 2.24) is 9.78 Å². The van der Waals surface area contributed by atoms with Gasteiger partial charge in [0.15, 0.2) is 0 Å². The van der Waals surface area contributed by atoms with Gasteiger partial charge in [0.1, 0.15) is 0 Å². The lowest BCUT2D eigenvalue weighted by atomic mass is 10.0. The topological polar surface area (TPSA) is 17.8 Å². The lowest BCUT2D eigenvalue weighted by Crippen LogP contribution is -2.07. The summed E-state index contributed by atoms with van der Waals surface area (Å²) < 4.78 is 1.87. The fourth-order valence-corrected chi connectivity index (χ4v) is 2.24. The van der Waals surface area contributed by atoms with Crippen LogP contribution in [-0.2, 0) is 13.5 Å². The minimum atomic E-state index is 0.550. The van der Waals surface area contributed by atoms with Gasteiger partial charge in [-0.15, -0.1) is 0 Å². The van der Waals surface area contributed by atoms with E-state index >= 15 is 0 Å². The molecular weight excluding hydrogens is 216 g/mol. The van der Waals surface area contributed by atoms with E-state index in [9.17, 15) is 0 Å². The molecule has 0 bridgehead atoms. The SMILES string of the molecule is Cn1ccc(CC2(CBr)CC2)n1. The van der Waals surface area contributed by atoms with E-state index in [-0.39, 0.29) is 0 Å². The fourth-order valence-electron chi connectivity index (χ4n) is 1.48. The Morgan fingerprint density at radius 3 is 2.83 bits per heavy atom. The molecule has 1 aromatic heterocycles. The summed E-state index contributed by atoms with van der Waals surface area (Å²) in [6.45, 7) is 0.